The van der Waals surface area contributed by atoms with Gasteiger partial charge in [0.25, 0.3) is 6.43 Å². The van der Waals surface area contributed by atoms with Gasteiger partial charge in [0.2, 0.25) is 5.88 Å². The van der Waals surface area contributed by atoms with Gasteiger partial charge in [0.05, 0.1) is 18.6 Å². The fourth-order valence-electron chi connectivity index (χ4n) is 0.955. The van der Waals surface area contributed by atoms with E-state index in [0.29, 0.717) is 0 Å². The Kier molecular flexibility index (Phi) is 3.46. The van der Waals surface area contributed by atoms with Gasteiger partial charge < -0.3 is 9.84 Å². The van der Waals surface area contributed by atoms with E-state index in [0.717, 1.165) is 6.07 Å². The van der Waals surface area contributed by atoms with Gasteiger partial charge in [-0.25, -0.2) is 13.8 Å². The van der Waals surface area contributed by atoms with Crippen LogP contribution in [0.3, 0.4) is 0 Å². The smallest absolute Gasteiger partial charge is 0.269 e. The first-order valence-corrected chi connectivity index (χ1v) is 4.24. The largest absolute Gasteiger partial charge is 0.506 e. The van der Waals surface area contributed by atoms with Gasteiger partial charge >= 0.3 is 0 Å². The lowest BCUT2D eigenvalue weighted by Crippen LogP contribution is -1.98. The third kappa shape index (κ3) is 2.04. The van der Waals surface area contributed by atoms with Crippen LogP contribution >= 0.6 is 11.6 Å². The summed E-state index contributed by atoms with van der Waals surface area (Å²) >= 11 is 5.43. The van der Waals surface area contributed by atoms with Crippen molar-refractivity contribution in [2.75, 3.05) is 7.11 Å². The predicted octanol–water partition coefficient (Wildman–Crippen LogP) is 2.47. The fourth-order valence-corrected chi connectivity index (χ4v) is 1.15. The number of aromatic nitrogens is 1. The molecule has 0 aliphatic heterocycles. The van der Waals surface area contributed by atoms with E-state index in [4.69, 9.17) is 11.6 Å². The molecule has 14 heavy (non-hydrogen) atoms. The predicted molar refractivity (Wildman–Crippen MR) is 47.0 cm³/mol. The Bertz CT molecular complexity index is 333. The molecule has 0 aliphatic rings. The van der Waals surface area contributed by atoms with E-state index in [1.807, 2.05) is 0 Å². The zero-order valence-corrected chi connectivity index (χ0v) is 8.05. The molecule has 0 atom stereocenters. The Hall–Kier alpha value is -1.10. The topological polar surface area (TPSA) is 42.4 Å². The van der Waals surface area contributed by atoms with E-state index >= 15 is 0 Å². The van der Waals surface area contributed by atoms with E-state index < -0.39 is 12.0 Å². The molecule has 78 valence electrons. The molecule has 0 aliphatic carbocycles. The molecule has 3 nitrogen and oxygen atoms in total. The molecule has 0 amide bonds. The van der Waals surface area contributed by atoms with Crippen molar-refractivity contribution in [3.8, 4) is 11.6 Å². The first-order chi connectivity index (χ1) is 6.60. The van der Waals surface area contributed by atoms with Crippen LogP contribution in [0.5, 0.6) is 11.6 Å². The molecular formula is C8H8ClF2NO2. The van der Waals surface area contributed by atoms with Gasteiger partial charge in [-0.3, -0.25) is 0 Å². The highest BCUT2D eigenvalue weighted by Gasteiger charge is 2.18. The number of alkyl halides is 3. The molecule has 0 aromatic carbocycles. The summed E-state index contributed by atoms with van der Waals surface area (Å²) in [6.07, 6.45) is -2.74. The van der Waals surface area contributed by atoms with Crippen LogP contribution in [0.1, 0.15) is 17.7 Å². The van der Waals surface area contributed by atoms with Gasteiger partial charge in [-0.1, -0.05) is 0 Å². The highest BCUT2D eigenvalue weighted by atomic mass is 35.5. The first-order valence-electron chi connectivity index (χ1n) is 3.71. The Morgan fingerprint density at radius 1 is 1.64 bits per heavy atom. The van der Waals surface area contributed by atoms with Crippen LogP contribution in [-0.2, 0) is 5.88 Å². The molecular weight excluding hydrogens is 216 g/mol. The number of rotatable bonds is 3. The van der Waals surface area contributed by atoms with Crippen LogP contribution in [0.15, 0.2) is 6.07 Å². The highest BCUT2D eigenvalue weighted by molar-refractivity contribution is 6.17. The molecule has 1 aromatic heterocycles. The van der Waals surface area contributed by atoms with Crippen LogP contribution < -0.4 is 4.74 Å². The number of aromatic hydroxyl groups is 1. The summed E-state index contributed by atoms with van der Waals surface area (Å²) < 4.78 is 29.4. The Morgan fingerprint density at radius 2 is 2.29 bits per heavy atom. The first kappa shape index (κ1) is 11.0. The molecule has 0 saturated heterocycles. The third-order valence-electron chi connectivity index (χ3n) is 1.63. The van der Waals surface area contributed by atoms with Crippen molar-refractivity contribution >= 4 is 11.6 Å². The summed E-state index contributed by atoms with van der Waals surface area (Å²) in [4.78, 5) is 3.65. The molecule has 6 heteroatoms. The molecule has 0 unspecified atom stereocenters. The van der Waals surface area contributed by atoms with E-state index in [1.165, 1.54) is 7.11 Å². The summed E-state index contributed by atoms with van der Waals surface area (Å²) in [5.41, 5.74) is -0.327. The standard InChI is InChI=1S/C8H8ClF2NO2/c1-14-8-4(7(10)11)2-6(13)5(3-9)12-8/h2,7,13H,3H2,1H3. The second kappa shape index (κ2) is 4.41. The van der Waals surface area contributed by atoms with Gasteiger partial charge in [0, 0.05) is 0 Å². The summed E-state index contributed by atoms with van der Waals surface area (Å²) in [5.74, 6) is -0.629. The van der Waals surface area contributed by atoms with E-state index in [1.54, 1.807) is 0 Å². The van der Waals surface area contributed by atoms with Gasteiger partial charge in [0.15, 0.2) is 0 Å². The van der Waals surface area contributed by atoms with Crippen molar-refractivity contribution in [2.45, 2.75) is 12.3 Å². The SMILES string of the molecule is COc1nc(CCl)c(O)cc1C(F)F. The molecule has 0 bridgehead atoms. The maximum Gasteiger partial charge on any atom is 0.269 e. The average molecular weight is 224 g/mol. The van der Waals surface area contributed by atoms with Crippen molar-refractivity contribution in [1.82, 2.24) is 4.98 Å². The minimum absolute atomic E-state index is 0.0638. The van der Waals surface area contributed by atoms with Crippen LogP contribution in [0.4, 0.5) is 8.78 Å². The lowest BCUT2D eigenvalue weighted by atomic mass is 10.2. The van der Waals surface area contributed by atoms with Crippen LogP contribution in [0, 0.1) is 0 Å². The van der Waals surface area contributed by atoms with Gasteiger partial charge in [-0.2, -0.15) is 0 Å². The Morgan fingerprint density at radius 3 is 2.71 bits per heavy atom. The van der Waals surface area contributed by atoms with Gasteiger partial charge in [-0.05, 0) is 6.07 Å². The van der Waals surface area contributed by atoms with Crippen molar-refractivity contribution in [3.05, 3.63) is 17.3 Å². The highest BCUT2D eigenvalue weighted by Crippen LogP contribution is 2.32. The number of pyridine rings is 1. The molecule has 0 saturated carbocycles. The van der Waals surface area contributed by atoms with E-state index in [-0.39, 0.29) is 23.2 Å². The second-order valence-corrected chi connectivity index (χ2v) is 2.75. The quantitative estimate of drug-likeness (QED) is 0.801. The molecule has 1 N–H and O–H groups in total. The number of ether oxygens (including phenoxy) is 1. The van der Waals surface area contributed by atoms with E-state index in [9.17, 15) is 13.9 Å². The van der Waals surface area contributed by atoms with Crippen molar-refractivity contribution < 1.29 is 18.6 Å². The average Bonchev–Trinajstić information content (AvgIpc) is 2.17. The Balaban J connectivity index is 3.24. The molecule has 1 aromatic rings. The van der Waals surface area contributed by atoms with Crippen molar-refractivity contribution in [1.29, 1.82) is 0 Å². The monoisotopic (exact) mass is 223 g/mol. The molecule has 1 heterocycles. The maximum absolute atomic E-state index is 12.4. The minimum atomic E-state index is -2.74. The maximum atomic E-state index is 12.4. The Labute approximate surface area is 84.3 Å². The van der Waals surface area contributed by atoms with E-state index in [2.05, 4.69) is 9.72 Å². The van der Waals surface area contributed by atoms with Crippen LogP contribution in [0.2, 0.25) is 0 Å². The lowest BCUT2D eigenvalue weighted by molar-refractivity contribution is 0.145. The number of nitrogens with zero attached hydrogens (tertiary/aromatic N) is 1. The summed E-state index contributed by atoms with van der Waals surface area (Å²) in [5, 5.41) is 9.22. The fraction of sp³-hybridized carbons (Fsp3) is 0.375. The zero-order valence-electron chi connectivity index (χ0n) is 7.30. The summed E-state index contributed by atoms with van der Waals surface area (Å²) in [6, 6.07) is 0.911. The number of hydrogen-bond acceptors (Lipinski definition) is 3. The number of hydrogen-bond donors (Lipinski definition) is 1. The van der Waals surface area contributed by atoms with Crippen molar-refractivity contribution in [2.24, 2.45) is 0 Å². The zero-order chi connectivity index (χ0) is 10.7. The number of methoxy groups -OCH3 is 1. The van der Waals surface area contributed by atoms with Crippen LogP contribution in [-0.4, -0.2) is 17.2 Å². The normalized spacial score (nSPS) is 10.6. The van der Waals surface area contributed by atoms with Gasteiger partial charge in [-0.15, -0.1) is 11.6 Å². The van der Waals surface area contributed by atoms with Gasteiger partial charge in [0.1, 0.15) is 11.4 Å². The molecule has 0 fully saturated rings. The molecule has 0 radical (unpaired) electrons. The minimum Gasteiger partial charge on any atom is -0.506 e. The summed E-state index contributed by atoms with van der Waals surface area (Å²) in [6.45, 7) is 0. The van der Waals surface area contributed by atoms with Crippen molar-refractivity contribution in [3.63, 3.8) is 0 Å². The molecule has 0 spiro atoms. The lowest BCUT2D eigenvalue weighted by Gasteiger charge is -2.09. The summed E-state index contributed by atoms with van der Waals surface area (Å²) in [7, 11) is 1.23. The number of halogens is 3. The second-order valence-electron chi connectivity index (χ2n) is 2.49. The molecule has 1 rings (SSSR count). The third-order valence-corrected chi connectivity index (χ3v) is 1.88. The van der Waals surface area contributed by atoms with Crippen LogP contribution in [0.25, 0.3) is 0 Å².